The summed E-state index contributed by atoms with van der Waals surface area (Å²) < 4.78 is 0. The normalized spacial score (nSPS) is 24.8. The van der Waals surface area contributed by atoms with Gasteiger partial charge in [-0.1, -0.05) is 6.92 Å². The average molecular weight is 290 g/mol. The molecule has 112 valence electrons. The maximum atomic E-state index is 11.8. The number of carbonyl (C=O) groups excluding carboxylic acids is 3. The molecule has 0 radical (unpaired) electrons. The first-order valence-corrected chi connectivity index (χ1v) is 6.82. The summed E-state index contributed by atoms with van der Waals surface area (Å²) in [6.07, 6.45) is 6.10. The van der Waals surface area contributed by atoms with Crippen LogP contribution in [0.25, 0.3) is 0 Å². The molecule has 1 heterocycles. The Hall–Kier alpha value is -2.21. The van der Waals surface area contributed by atoms with E-state index in [9.17, 15) is 14.4 Å². The second kappa shape index (κ2) is 6.49. The van der Waals surface area contributed by atoms with Gasteiger partial charge in [-0.3, -0.25) is 25.5 Å². The van der Waals surface area contributed by atoms with Crippen LogP contribution in [-0.2, 0) is 14.4 Å². The van der Waals surface area contributed by atoms with E-state index in [1.807, 2.05) is 0 Å². The topological polar surface area (TPSA) is 105 Å². The van der Waals surface area contributed by atoms with Gasteiger partial charge in [0, 0.05) is 24.6 Å². The highest BCUT2D eigenvalue weighted by molar-refractivity contribution is 6.00. The number of nitrogens with two attached hydrogens (primary N) is 1. The Bertz CT molecular complexity index is 561. The second-order valence-electron chi connectivity index (χ2n) is 4.91. The lowest BCUT2D eigenvalue weighted by Crippen LogP contribution is -2.57. The largest absolute Gasteiger partial charge is 0.326 e. The monoisotopic (exact) mass is 290 g/mol. The van der Waals surface area contributed by atoms with Crippen LogP contribution in [0, 0.1) is 0 Å². The van der Waals surface area contributed by atoms with Gasteiger partial charge in [-0.15, -0.1) is 5.73 Å². The minimum Gasteiger partial charge on any atom is -0.326 e. The van der Waals surface area contributed by atoms with Gasteiger partial charge in [0.25, 0.3) is 0 Å². The van der Waals surface area contributed by atoms with Crippen molar-refractivity contribution in [2.45, 2.75) is 38.3 Å². The van der Waals surface area contributed by atoms with Gasteiger partial charge in [-0.2, -0.15) is 0 Å². The van der Waals surface area contributed by atoms with Crippen molar-refractivity contribution in [3.63, 3.8) is 0 Å². The predicted octanol–water partition coefficient (Wildman–Crippen LogP) is -0.529. The highest BCUT2D eigenvalue weighted by Gasteiger charge is 2.33. The van der Waals surface area contributed by atoms with E-state index in [2.05, 4.69) is 16.4 Å². The first kappa shape index (κ1) is 15.2. The molecule has 2 unspecified atom stereocenters. The molecule has 0 aromatic heterocycles. The number of carbonyl (C=O) groups is 3. The number of nitrogens with one attached hydrogen (secondary N) is 2. The molecule has 7 heteroatoms. The molecule has 0 spiro atoms. The van der Waals surface area contributed by atoms with E-state index in [1.165, 1.54) is 5.01 Å². The summed E-state index contributed by atoms with van der Waals surface area (Å²) in [6, 6.07) is -0.950. The van der Waals surface area contributed by atoms with E-state index in [-0.39, 0.29) is 24.3 Å². The first-order chi connectivity index (χ1) is 10.0. The summed E-state index contributed by atoms with van der Waals surface area (Å²) in [5.74, 6) is 5.22. The summed E-state index contributed by atoms with van der Waals surface area (Å²) in [6.45, 7) is 1.76. The molecule has 4 N–H and O–H groups in total. The van der Waals surface area contributed by atoms with E-state index in [0.717, 1.165) is 0 Å². The van der Waals surface area contributed by atoms with E-state index in [1.54, 1.807) is 25.2 Å². The zero-order valence-corrected chi connectivity index (χ0v) is 11.8. The van der Waals surface area contributed by atoms with Crippen LogP contribution in [-0.4, -0.2) is 34.8 Å². The highest BCUT2D eigenvalue weighted by Crippen LogP contribution is 2.15. The lowest BCUT2D eigenvalue weighted by atomic mass is 10.0. The molecule has 3 amide bonds. The van der Waals surface area contributed by atoms with Crippen LogP contribution in [0.5, 0.6) is 0 Å². The summed E-state index contributed by atoms with van der Waals surface area (Å²) >= 11 is 0. The van der Waals surface area contributed by atoms with Crippen LogP contribution in [0.15, 0.2) is 29.7 Å². The molecule has 21 heavy (non-hydrogen) atoms. The third-order valence-corrected chi connectivity index (χ3v) is 3.38. The number of allylic oxidation sites excluding steroid dienone is 1. The Balaban J connectivity index is 2.07. The number of nitrogens with zero attached hydrogens (tertiary/aromatic N) is 1. The third-order valence-electron chi connectivity index (χ3n) is 3.38. The number of hydrogen-bond donors (Lipinski definition) is 3. The SMILES string of the molecule is CCC(=O)NC1=CC(N(N)C2CCC(=O)NC2=O)C=C=C1. The van der Waals surface area contributed by atoms with Crippen molar-refractivity contribution in [2.24, 2.45) is 5.84 Å². The summed E-state index contributed by atoms with van der Waals surface area (Å²) in [4.78, 5) is 34.3. The van der Waals surface area contributed by atoms with Crippen molar-refractivity contribution >= 4 is 17.7 Å². The smallest absolute Gasteiger partial charge is 0.245 e. The molecule has 0 bridgehead atoms. The highest BCUT2D eigenvalue weighted by atomic mass is 16.2. The number of amides is 3. The minimum absolute atomic E-state index is 0.107. The molecule has 1 aliphatic carbocycles. The molecule has 1 aliphatic heterocycles. The zero-order valence-electron chi connectivity index (χ0n) is 11.8. The molecule has 0 aromatic rings. The van der Waals surface area contributed by atoms with Gasteiger partial charge < -0.3 is 5.32 Å². The van der Waals surface area contributed by atoms with Crippen molar-refractivity contribution < 1.29 is 14.4 Å². The number of rotatable bonds is 4. The summed E-state index contributed by atoms with van der Waals surface area (Å²) in [5.41, 5.74) is 3.50. The van der Waals surface area contributed by atoms with Crippen LogP contribution in [0.4, 0.5) is 0 Å². The van der Waals surface area contributed by atoms with Gasteiger partial charge in [-0.05, 0) is 18.6 Å². The van der Waals surface area contributed by atoms with Crippen molar-refractivity contribution in [1.82, 2.24) is 15.6 Å². The Morgan fingerprint density at radius 1 is 1.57 bits per heavy atom. The van der Waals surface area contributed by atoms with Crippen molar-refractivity contribution in [1.29, 1.82) is 0 Å². The maximum Gasteiger partial charge on any atom is 0.245 e. The molecule has 2 aliphatic rings. The molecular formula is C14H18N4O3. The van der Waals surface area contributed by atoms with Gasteiger partial charge in [0.1, 0.15) is 6.04 Å². The fourth-order valence-corrected chi connectivity index (χ4v) is 2.19. The lowest BCUT2D eigenvalue weighted by Gasteiger charge is -2.33. The lowest BCUT2D eigenvalue weighted by molar-refractivity contribution is -0.138. The van der Waals surface area contributed by atoms with Crippen molar-refractivity contribution in [3.8, 4) is 0 Å². The van der Waals surface area contributed by atoms with Gasteiger partial charge in [-0.25, -0.2) is 5.01 Å². The summed E-state index contributed by atoms with van der Waals surface area (Å²) in [5, 5.41) is 6.37. The van der Waals surface area contributed by atoms with Crippen LogP contribution < -0.4 is 16.5 Å². The third kappa shape index (κ3) is 3.66. The summed E-state index contributed by atoms with van der Waals surface area (Å²) in [7, 11) is 0. The number of hydrazine groups is 1. The van der Waals surface area contributed by atoms with Gasteiger partial charge in [0.2, 0.25) is 17.7 Å². The van der Waals surface area contributed by atoms with E-state index >= 15 is 0 Å². The predicted molar refractivity (Wildman–Crippen MR) is 75.2 cm³/mol. The molecule has 0 saturated carbocycles. The molecule has 7 nitrogen and oxygen atoms in total. The molecule has 2 rings (SSSR count). The van der Waals surface area contributed by atoms with Crippen molar-refractivity contribution in [3.05, 3.63) is 29.7 Å². The van der Waals surface area contributed by atoms with E-state index in [0.29, 0.717) is 18.5 Å². The molecule has 2 atom stereocenters. The van der Waals surface area contributed by atoms with Crippen LogP contribution in [0.3, 0.4) is 0 Å². The Kier molecular flexibility index (Phi) is 4.70. The number of imide groups is 1. The zero-order chi connectivity index (χ0) is 15.4. The van der Waals surface area contributed by atoms with Crippen molar-refractivity contribution in [2.75, 3.05) is 0 Å². The van der Waals surface area contributed by atoms with Gasteiger partial charge >= 0.3 is 0 Å². The minimum atomic E-state index is -0.580. The standard InChI is InChI=1S/C14H18N4O3/c1-2-12(19)16-9-4-3-5-10(8-9)18(15)11-6-7-13(20)17-14(11)21/h4-5,8,10-11H,2,6-7,15H2,1H3,(H,16,19)(H,17,20,21). The van der Waals surface area contributed by atoms with Crippen LogP contribution in [0.2, 0.25) is 0 Å². The number of hydrogen-bond acceptors (Lipinski definition) is 5. The fourth-order valence-electron chi connectivity index (χ4n) is 2.19. The Morgan fingerprint density at radius 2 is 2.33 bits per heavy atom. The Morgan fingerprint density at radius 3 is 3.00 bits per heavy atom. The fraction of sp³-hybridized carbons (Fsp3) is 0.429. The number of piperidine rings is 1. The molecule has 1 fully saturated rings. The molecular weight excluding hydrogens is 272 g/mol. The van der Waals surface area contributed by atoms with E-state index < -0.39 is 11.9 Å². The quantitative estimate of drug-likeness (QED) is 0.279. The van der Waals surface area contributed by atoms with Gasteiger partial charge in [0.05, 0.1) is 6.04 Å². The van der Waals surface area contributed by atoms with E-state index in [4.69, 9.17) is 5.84 Å². The Labute approximate surface area is 122 Å². The second-order valence-corrected chi connectivity index (χ2v) is 4.91. The molecule has 1 saturated heterocycles. The van der Waals surface area contributed by atoms with Gasteiger partial charge in [0.15, 0.2) is 0 Å². The first-order valence-electron chi connectivity index (χ1n) is 6.82. The van der Waals surface area contributed by atoms with Crippen LogP contribution >= 0.6 is 0 Å². The average Bonchev–Trinajstić information content (AvgIpc) is 2.47. The molecule has 0 aromatic carbocycles. The van der Waals surface area contributed by atoms with Crippen LogP contribution in [0.1, 0.15) is 26.2 Å². The maximum absolute atomic E-state index is 11.8.